The second-order valence-electron chi connectivity index (χ2n) is 1.48. The van der Waals surface area contributed by atoms with E-state index >= 15 is 0 Å². The quantitative estimate of drug-likeness (QED) is 0.481. The molecule has 0 bridgehead atoms. The van der Waals surface area contributed by atoms with Gasteiger partial charge < -0.3 is 5.73 Å². The predicted molar refractivity (Wildman–Crippen MR) is 32.1 cm³/mol. The Kier molecular flexibility index (Phi) is 2.90. The lowest BCUT2D eigenvalue weighted by atomic mass is 10.2. The Balaban J connectivity index is 3.77. The molecule has 0 saturated carbocycles. The van der Waals surface area contributed by atoms with E-state index in [2.05, 4.69) is 11.8 Å². The molecule has 2 nitrogen and oxygen atoms in total. The minimum atomic E-state index is -0.583. The van der Waals surface area contributed by atoms with Gasteiger partial charge in [0.1, 0.15) is 6.04 Å². The van der Waals surface area contributed by atoms with E-state index in [-0.39, 0.29) is 5.78 Å². The van der Waals surface area contributed by atoms with Gasteiger partial charge in [0.2, 0.25) is 0 Å². The molecule has 0 aliphatic rings. The fraction of sp³-hybridized carbons (Fsp3) is 0.500. The molecule has 0 aromatic carbocycles. The van der Waals surface area contributed by atoms with E-state index in [0.717, 1.165) is 0 Å². The Morgan fingerprint density at radius 3 is 2.38 bits per heavy atom. The minimum Gasteiger partial charge on any atom is -0.312 e. The summed E-state index contributed by atoms with van der Waals surface area (Å²) in [4.78, 5) is 10.3. The van der Waals surface area contributed by atoms with Crippen molar-refractivity contribution in [3.63, 3.8) is 0 Å². The summed E-state index contributed by atoms with van der Waals surface area (Å²) < 4.78 is 0. The molecule has 1 atom stereocenters. The maximum absolute atomic E-state index is 10.3. The first-order chi connectivity index (χ1) is 3.68. The highest BCUT2D eigenvalue weighted by molar-refractivity contribution is 5.84. The number of rotatable bonds is 1. The molecule has 2 heteroatoms. The van der Waals surface area contributed by atoms with Gasteiger partial charge in [0.25, 0.3) is 0 Å². The van der Waals surface area contributed by atoms with Crippen LogP contribution in [0.4, 0.5) is 0 Å². The second kappa shape index (κ2) is 3.23. The van der Waals surface area contributed by atoms with Gasteiger partial charge in [0.05, 0.1) is 0 Å². The molecular formula is C6H9NO. The van der Waals surface area contributed by atoms with E-state index in [1.165, 1.54) is 6.92 Å². The molecule has 0 heterocycles. The van der Waals surface area contributed by atoms with Crippen molar-refractivity contribution < 1.29 is 4.79 Å². The standard InChI is InChI=1S/C6H9NO/c1-3-4-6(7)5(2)8/h6H,7H2,1-2H3. The van der Waals surface area contributed by atoms with Gasteiger partial charge >= 0.3 is 0 Å². The molecule has 8 heavy (non-hydrogen) atoms. The molecule has 44 valence electrons. The Morgan fingerprint density at radius 1 is 1.75 bits per heavy atom. The van der Waals surface area contributed by atoms with Crippen molar-refractivity contribution in [2.75, 3.05) is 0 Å². The number of carbonyl (C=O) groups excluding carboxylic acids is 1. The Morgan fingerprint density at radius 2 is 2.25 bits per heavy atom. The van der Waals surface area contributed by atoms with Gasteiger partial charge in [-0.05, 0) is 13.8 Å². The topological polar surface area (TPSA) is 43.1 Å². The molecule has 0 aromatic rings. The molecule has 0 aliphatic heterocycles. The Hall–Kier alpha value is -0.810. The van der Waals surface area contributed by atoms with E-state index in [1.54, 1.807) is 6.92 Å². The van der Waals surface area contributed by atoms with Gasteiger partial charge in [-0.25, -0.2) is 0 Å². The number of Topliss-reactive ketones (excluding diaryl/α,β-unsaturated/α-hetero) is 1. The van der Waals surface area contributed by atoms with Crippen molar-refractivity contribution in [3.05, 3.63) is 0 Å². The summed E-state index contributed by atoms with van der Waals surface area (Å²) in [6.45, 7) is 3.08. The Bertz CT molecular complexity index is 140. The summed E-state index contributed by atoms with van der Waals surface area (Å²) >= 11 is 0. The second-order valence-corrected chi connectivity index (χ2v) is 1.48. The highest BCUT2D eigenvalue weighted by atomic mass is 16.1. The lowest BCUT2D eigenvalue weighted by Gasteiger charge is -1.92. The zero-order chi connectivity index (χ0) is 6.57. The molecule has 0 fully saturated rings. The van der Waals surface area contributed by atoms with Crippen molar-refractivity contribution in [2.24, 2.45) is 5.73 Å². The summed E-state index contributed by atoms with van der Waals surface area (Å²) in [6, 6.07) is -0.583. The van der Waals surface area contributed by atoms with Crippen molar-refractivity contribution in [3.8, 4) is 11.8 Å². The monoisotopic (exact) mass is 111 g/mol. The maximum atomic E-state index is 10.3. The molecule has 0 rings (SSSR count). The third-order valence-corrected chi connectivity index (χ3v) is 0.738. The lowest BCUT2D eigenvalue weighted by Crippen LogP contribution is -2.25. The summed E-state index contributed by atoms with van der Waals surface area (Å²) in [5, 5.41) is 0. The van der Waals surface area contributed by atoms with Crippen molar-refractivity contribution in [2.45, 2.75) is 19.9 Å². The van der Waals surface area contributed by atoms with Gasteiger partial charge in [-0.1, -0.05) is 5.92 Å². The molecule has 0 spiro atoms. The highest BCUT2D eigenvalue weighted by Gasteiger charge is 2.00. The number of ketones is 1. The SMILES string of the molecule is CC#CC(N)C(C)=O. The molecule has 0 amide bonds. The molecule has 2 N–H and O–H groups in total. The fourth-order valence-electron chi connectivity index (χ4n) is 0.257. The van der Waals surface area contributed by atoms with Crippen LogP contribution in [0.5, 0.6) is 0 Å². The number of carbonyl (C=O) groups is 1. The zero-order valence-electron chi connectivity index (χ0n) is 5.06. The maximum Gasteiger partial charge on any atom is 0.158 e. The molecule has 0 aliphatic carbocycles. The van der Waals surface area contributed by atoms with Crippen LogP contribution in [-0.4, -0.2) is 11.8 Å². The van der Waals surface area contributed by atoms with Gasteiger partial charge in [0.15, 0.2) is 5.78 Å². The minimum absolute atomic E-state index is 0.0839. The smallest absolute Gasteiger partial charge is 0.158 e. The van der Waals surface area contributed by atoms with Crippen LogP contribution < -0.4 is 5.73 Å². The summed E-state index contributed by atoms with van der Waals surface area (Å²) in [5.74, 6) is 4.99. The summed E-state index contributed by atoms with van der Waals surface area (Å²) in [5.41, 5.74) is 5.20. The van der Waals surface area contributed by atoms with Crippen molar-refractivity contribution >= 4 is 5.78 Å². The van der Waals surface area contributed by atoms with E-state index in [0.29, 0.717) is 0 Å². The van der Waals surface area contributed by atoms with Gasteiger partial charge in [0, 0.05) is 0 Å². The van der Waals surface area contributed by atoms with E-state index in [4.69, 9.17) is 5.73 Å². The largest absolute Gasteiger partial charge is 0.312 e. The molecule has 1 unspecified atom stereocenters. The van der Waals surface area contributed by atoms with Gasteiger partial charge in [-0.2, -0.15) is 0 Å². The van der Waals surface area contributed by atoms with Crippen LogP contribution in [0.2, 0.25) is 0 Å². The van der Waals surface area contributed by atoms with Crippen LogP contribution in [-0.2, 0) is 4.79 Å². The average Bonchev–Trinajstić information content (AvgIpc) is 1.67. The van der Waals surface area contributed by atoms with Gasteiger partial charge in [-0.3, -0.25) is 4.79 Å². The predicted octanol–water partition coefficient (Wildman–Crippen LogP) is -0.0740. The van der Waals surface area contributed by atoms with E-state index < -0.39 is 6.04 Å². The third kappa shape index (κ3) is 2.38. The van der Waals surface area contributed by atoms with E-state index in [1.807, 2.05) is 0 Å². The molecular weight excluding hydrogens is 102 g/mol. The first-order valence-electron chi connectivity index (χ1n) is 2.36. The third-order valence-electron chi connectivity index (χ3n) is 0.738. The number of nitrogens with two attached hydrogens (primary N) is 1. The van der Waals surface area contributed by atoms with Crippen LogP contribution in [0.3, 0.4) is 0 Å². The molecule has 0 radical (unpaired) electrons. The first kappa shape index (κ1) is 7.19. The zero-order valence-corrected chi connectivity index (χ0v) is 5.06. The van der Waals surface area contributed by atoms with Crippen LogP contribution in [0.15, 0.2) is 0 Å². The highest BCUT2D eigenvalue weighted by Crippen LogP contribution is 1.74. The van der Waals surface area contributed by atoms with Crippen LogP contribution in [0.25, 0.3) is 0 Å². The van der Waals surface area contributed by atoms with E-state index in [9.17, 15) is 4.79 Å². The fourth-order valence-corrected chi connectivity index (χ4v) is 0.257. The normalized spacial score (nSPS) is 11.4. The summed E-state index contributed by atoms with van der Waals surface area (Å²) in [7, 11) is 0. The van der Waals surface area contributed by atoms with Crippen LogP contribution in [0.1, 0.15) is 13.8 Å². The molecule has 0 aromatic heterocycles. The first-order valence-corrected chi connectivity index (χ1v) is 2.36. The van der Waals surface area contributed by atoms with Crippen LogP contribution in [0, 0.1) is 11.8 Å². The number of hydrogen-bond acceptors (Lipinski definition) is 2. The molecule has 0 saturated heterocycles. The lowest BCUT2D eigenvalue weighted by molar-refractivity contribution is -0.117. The van der Waals surface area contributed by atoms with Gasteiger partial charge in [-0.15, -0.1) is 5.92 Å². The average molecular weight is 111 g/mol. The van der Waals surface area contributed by atoms with Crippen molar-refractivity contribution in [1.82, 2.24) is 0 Å². The van der Waals surface area contributed by atoms with Crippen molar-refractivity contribution in [1.29, 1.82) is 0 Å². The van der Waals surface area contributed by atoms with Crippen LogP contribution >= 0.6 is 0 Å². The Labute approximate surface area is 49.1 Å². The summed E-state index contributed by atoms with van der Waals surface area (Å²) in [6.07, 6.45) is 0. The number of hydrogen-bond donors (Lipinski definition) is 1.